The van der Waals surface area contributed by atoms with Crippen LogP contribution in [0, 0.1) is 0 Å². The monoisotopic (exact) mass is 416 g/mol. The maximum Gasteiger partial charge on any atom is 0.168 e. The average Bonchev–Trinajstić information content (AvgIpc) is 3.57. The number of aliphatic imine (C=N–C) groups is 1. The van der Waals surface area contributed by atoms with Gasteiger partial charge in [-0.3, -0.25) is 4.40 Å². The van der Waals surface area contributed by atoms with Crippen molar-refractivity contribution in [2.75, 3.05) is 0 Å². The SMILES string of the molecule is C(=Nc1c(-c2ccco2)nc2ccccn12)c1cn(Cc2ccccc2)c2ccccc12. The highest BCUT2D eigenvalue weighted by molar-refractivity contribution is 6.00. The Morgan fingerprint density at radius 3 is 2.59 bits per heavy atom. The minimum Gasteiger partial charge on any atom is -0.463 e. The summed E-state index contributed by atoms with van der Waals surface area (Å²) in [5, 5.41) is 1.17. The molecule has 0 radical (unpaired) electrons. The first-order valence-corrected chi connectivity index (χ1v) is 10.5. The van der Waals surface area contributed by atoms with Gasteiger partial charge < -0.3 is 8.98 Å². The molecule has 4 heterocycles. The molecule has 0 bridgehead atoms. The summed E-state index contributed by atoms with van der Waals surface area (Å²) in [7, 11) is 0. The molecule has 154 valence electrons. The van der Waals surface area contributed by atoms with Crippen LogP contribution in [0.15, 0.2) is 113 Å². The van der Waals surface area contributed by atoms with Crippen LogP contribution in [-0.4, -0.2) is 20.2 Å². The number of hydrogen-bond donors (Lipinski definition) is 0. The Bertz CT molecular complexity index is 1540. The van der Waals surface area contributed by atoms with Crippen molar-refractivity contribution in [3.8, 4) is 11.5 Å². The van der Waals surface area contributed by atoms with Gasteiger partial charge in [-0.1, -0.05) is 54.6 Å². The Morgan fingerprint density at radius 1 is 0.875 bits per heavy atom. The maximum absolute atomic E-state index is 5.63. The number of nitrogens with zero attached hydrogens (tertiary/aromatic N) is 4. The van der Waals surface area contributed by atoms with E-state index in [1.54, 1.807) is 6.26 Å². The highest BCUT2D eigenvalue weighted by Gasteiger charge is 2.15. The second-order valence-corrected chi connectivity index (χ2v) is 7.66. The van der Waals surface area contributed by atoms with E-state index in [9.17, 15) is 0 Å². The number of furan rings is 1. The zero-order valence-electron chi connectivity index (χ0n) is 17.3. The third-order valence-corrected chi connectivity index (χ3v) is 5.60. The average molecular weight is 416 g/mol. The van der Waals surface area contributed by atoms with Crippen LogP contribution in [0.25, 0.3) is 28.0 Å². The minimum absolute atomic E-state index is 0.701. The molecule has 0 aliphatic rings. The van der Waals surface area contributed by atoms with Crippen LogP contribution in [-0.2, 0) is 6.54 Å². The van der Waals surface area contributed by atoms with Crippen molar-refractivity contribution in [1.29, 1.82) is 0 Å². The molecule has 6 aromatic rings. The van der Waals surface area contributed by atoms with Crippen molar-refractivity contribution >= 4 is 28.6 Å². The Morgan fingerprint density at radius 2 is 1.72 bits per heavy atom. The lowest BCUT2D eigenvalue weighted by Crippen LogP contribution is -1.97. The molecule has 0 fully saturated rings. The van der Waals surface area contributed by atoms with Gasteiger partial charge in [-0.15, -0.1) is 0 Å². The zero-order chi connectivity index (χ0) is 21.3. The smallest absolute Gasteiger partial charge is 0.168 e. The van der Waals surface area contributed by atoms with E-state index in [4.69, 9.17) is 14.4 Å². The van der Waals surface area contributed by atoms with E-state index in [0.717, 1.165) is 29.3 Å². The molecule has 5 nitrogen and oxygen atoms in total. The van der Waals surface area contributed by atoms with Crippen LogP contribution < -0.4 is 0 Å². The summed E-state index contributed by atoms with van der Waals surface area (Å²) >= 11 is 0. The molecule has 2 aromatic carbocycles. The summed E-state index contributed by atoms with van der Waals surface area (Å²) in [4.78, 5) is 9.63. The molecule has 4 aromatic heterocycles. The van der Waals surface area contributed by atoms with Gasteiger partial charge in [0.1, 0.15) is 5.65 Å². The summed E-state index contributed by atoms with van der Waals surface area (Å²) in [5.74, 6) is 1.45. The van der Waals surface area contributed by atoms with Crippen LogP contribution in [0.4, 0.5) is 5.82 Å². The van der Waals surface area contributed by atoms with Gasteiger partial charge in [-0.2, -0.15) is 0 Å². The second-order valence-electron chi connectivity index (χ2n) is 7.66. The van der Waals surface area contributed by atoms with Gasteiger partial charge in [0.2, 0.25) is 0 Å². The van der Waals surface area contributed by atoms with E-state index in [1.165, 1.54) is 16.5 Å². The van der Waals surface area contributed by atoms with Gasteiger partial charge in [0, 0.05) is 41.6 Å². The van der Waals surface area contributed by atoms with E-state index in [0.29, 0.717) is 5.76 Å². The number of aromatic nitrogens is 3. The van der Waals surface area contributed by atoms with Crippen LogP contribution in [0.3, 0.4) is 0 Å². The molecule has 0 spiro atoms. The van der Waals surface area contributed by atoms with Gasteiger partial charge in [-0.05, 0) is 35.9 Å². The summed E-state index contributed by atoms with van der Waals surface area (Å²) in [5.41, 5.74) is 5.07. The number of para-hydroxylation sites is 1. The molecule has 0 aliphatic carbocycles. The summed E-state index contributed by atoms with van der Waals surface area (Å²) in [6.07, 6.45) is 7.72. The molecule has 6 rings (SSSR count). The van der Waals surface area contributed by atoms with Crippen LogP contribution in [0.5, 0.6) is 0 Å². The molecule has 5 heteroatoms. The number of hydrogen-bond acceptors (Lipinski definition) is 3. The maximum atomic E-state index is 5.63. The van der Waals surface area contributed by atoms with Crippen molar-refractivity contribution in [1.82, 2.24) is 14.0 Å². The lowest BCUT2D eigenvalue weighted by Gasteiger charge is -2.05. The normalized spacial score (nSPS) is 11.8. The lowest BCUT2D eigenvalue weighted by molar-refractivity contribution is 0.580. The second kappa shape index (κ2) is 7.71. The van der Waals surface area contributed by atoms with Crippen LogP contribution in [0.2, 0.25) is 0 Å². The fourth-order valence-electron chi connectivity index (χ4n) is 4.10. The zero-order valence-corrected chi connectivity index (χ0v) is 17.3. The lowest BCUT2D eigenvalue weighted by atomic mass is 10.2. The molecule has 0 aliphatic heterocycles. The number of pyridine rings is 1. The van der Waals surface area contributed by atoms with Gasteiger partial charge in [0.05, 0.1) is 6.26 Å². The summed E-state index contributed by atoms with van der Waals surface area (Å²) < 4.78 is 9.88. The van der Waals surface area contributed by atoms with E-state index in [-0.39, 0.29) is 0 Å². The number of rotatable bonds is 5. The van der Waals surface area contributed by atoms with Gasteiger partial charge in [-0.25, -0.2) is 9.98 Å². The Labute approximate surface area is 184 Å². The predicted molar refractivity (Wildman–Crippen MR) is 128 cm³/mol. The minimum atomic E-state index is 0.701. The standard InChI is InChI=1S/C27H20N4O/c1-2-9-20(10-3-1)18-30-19-21(22-11-4-5-12-23(22)30)17-28-27-26(24-13-8-16-32-24)29-25-14-6-7-15-31(25)27/h1-17,19H,18H2. The van der Waals surface area contributed by atoms with Crippen molar-refractivity contribution in [2.24, 2.45) is 4.99 Å². The Kier molecular flexibility index (Phi) is 4.43. The van der Waals surface area contributed by atoms with Crippen LogP contribution >= 0.6 is 0 Å². The quantitative estimate of drug-likeness (QED) is 0.308. The first-order valence-electron chi connectivity index (χ1n) is 10.5. The fourth-order valence-corrected chi connectivity index (χ4v) is 4.10. The first-order chi connectivity index (χ1) is 15.9. The first kappa shape index (κ1) is 18.4. The topological polar surface area (TPSA) is 47.7 Å². The molecule has 0 saturated heterocycles. The molecular formula is C27H20N4O. The van der Waals surface area contributed by atoms with Crippen molar-refractivity contribution < 1.29 is 4.42 Å². The van der Waals surface area contributed by atoms with Crippen molar-refractivity contribution in [3.05, 3.63) is 115 Å². The Hall–Kier alpha value is -4.38. The predicted octanol–water partition coefficient (Wildman–Crippen LogP) is 6.35. The fraction of sp³-hybridized carbons (Fsp3) is 0.0370. The van der Waals surface area contributed by atoms with Crippen molar-refractivity contribution in [3.63, 3.8) is 0 Å². The largest absolute Gasteiger partial charge is 0.463 e. The van der Waals surface area contributed by atoms with Crippen LogP contribution in [0.1, 0.15) is 11.1 Å². The van der Waals surface area contributed by atoms with Gasteiger partial charge in [0.15, 0.2) is 17.3 Å². The summed E-state index contributed by atoms with van der Waals surface area (Å²) in [6.45, 7) is 0.808. The molecule has 0 unspecified atom stereocenters. The molecule has 0 atom stereocenters. The molecule has 0 N–H and O–H groups in total. The van der Waals surface area contributed by atoms with Crippen molar-refractivity contribution in [2.45, 2.75) is 6.54 Å². The molecular weight excluding hydrogens is 396 g/mol. The number of imidazole rings is 1. The number of fused-ring (bicyclic) bond motifs is 2. The van der Waals surface area contributed by atoms with E-state index >= 15 is 0 Å². The molecule has 0 amide bonds. The third-order valence-electron chi connectivity index (χ3n) is 5.60. The molecule has 32 heavy (non-hydrogen) atoms. The summed E-state index contributed by atoms with van der Waals surface area (Å²) in [6, 6.07) is 28.6. The Balaban J connectivity index is 1.46. The highest BCUT2D eigenvalue weighted by atomic mass is 16.3. The highest BCUT2D eigenvalue weighted by Crippen LogP contribution is 2.31. The third kappa shape index (κ3) is 3.20. The number of benzene rings is 2. The van der Waals surface area contributed by atoms with E-state index in [2.05, 4.69) is 59.3 Å². The van der Waals surface area contributed by atoms with Gasteiger partial charge >= 0.3 is 0 Å². The van der Waals surface area contributed by atoms with Gasteiger partial charge in [0.25, 0.3) is 0 Å². The molecule has 0 saturated carbocycles. The van der Waals surface area contributed by atoms with E-state index in [1.807, 2.05) is 53.2 Å². The van der Waals surface area contributed by atoms with E-state index < -0.39 is 0 Å².